The second-order valence-electron chi connectivity index (χ2n) is 4.52. The van der Waals surface area contributed by atoms with Crippen molar-refractivity contribution in [3.8, 4) is 0 Å². The van der Waals surface area contributed by atoms with Crippen LogP contribution in [0.25, 0.3) is 0 Å². The van der Waals surface area contributed by atoms with E-state index in [1.165, 1.54) is 0 Å². The zero-order chi connectivity index (χ0) is 13.2. The fourth-order valence-electron chi connectivity index (χ4n) is 2.21. The van der Waals surface area contributed by atoms with Gasteiger partial charge < -0.3 is 10.6 Å². The predicted molar refractivity (Wildman–Crippen MR) is 63.1 cm³/mol. The third-order valence-electron chi connectivity index (χ3n) is 3.21. The van der Waals surface area contributed by atoms with Crippen LogP contribution in [0.2, 0.25) is 0 Å². The molecule has 1 atom stereocenters. The Hall–Kier alpha value is -1.30. The van der Waals surface area contributed by atoms with E-state index in [-0.39, 0.29) is 13.0 Å². The van der Waals surface area contributed by atoms with E-state index in [4.69, 9.17) is 5.73 Å². The van der Waals surface area contributed by atoms with Gasteiger partial charge in [0.15, 0.2) is 0 Å². The van der Waals surface area contributed by atoms with Crippen molar-refractivity contribution in [1.82, 2.24) is 4.98 Å². The topological polar surface area (TPSA) is 42.1 Å². The molecule has 0 spiro atoms. The zero-order valence-corrected chi connectivity index (χ0v) is 9.95. The summed E-state index contributed by atoms with van der Waals surface area (Å²) >= 11 is 0. The molecule has 1 aliphatic heterocycles. The number of piperidine rings is 1. The molecule has 0 aliphatic carbocycles. The molecule has 2 rings (SSSR count). The number of halogens is 3. The quantitative estimate of drug-likeness (QED) is 0.886. The molecule has 0 aromatic carbocycles. The first-order chi connectivity index (χ1) is 8.50. The maximum atomic E-state index is 12.7. The molecular formula is C12H16F3N3. The van der Waals surface area contributed by atoms with Gasteiger partial charge in [-0.05, 0) is 25.0 Å². The smallest absolute Gasteiger partial charge is 0.356 e. The van der Waals surface area contributed by atoms with Crippen molar-refractivity contribution in [3.05, 3.63) is 23.9 Å². The highest BCUT2D eigenvalue weighted by Gasteiger charge is 2.42. The number of hydrogen-bond donors (Lipinski definition) is 1. The first-order valence-corrected chi connectivity index (χ1v) is 5.98. The molecule has 100 valence electrons. The zero-order valence-electron chi connectivity index (χ0n) is 9.95. The Morgan fingerprint density at radius 3 is 2.83 bits per heavy atom. The summed E-state index contributed by atoms with van der Waals surface area (Å²) in [6.45, 7) is 0.905. The SMILES string of the molecule is NCc1cccc(N2CCCC(C(F)(F)F)C2)n1. The first kappa shape index (κ1) is 13.1. The maximum Gasteiger partial charge on any atom is 0.393 e. The Balaban J connectivity index is 2.13. The fourth-order valence-corrected chi connectivity index (χ4v) is 2.21. The molecule has 1 fully saturated rings. The van der Waals surface area contributed by atoms with E-state index in [1.807, 2.05) is 0 Å². The summed E-state index contributed by atoms with van der Waals surface area (Å²) in [6, 6.07) is 5.29. The van der Waals surface area contributed by atoms with Crippen LogP contribution in [-0.4, -0.2) is 24.2 Å². The summed E-state index contributed by atoms with van der Waals surface area (Å²) in [5, 5.41) is 0. The summed E-state index contributed by atoms with van der Waals surface area (Å²) in [5.74, 6) is -0.665. The minimum atomic E-state index is -4.12. The summed E-state index contributed by atoms with van der Waals surface area (Å²) in [7, 11) is 0. The van der Waals surface area contributed by atoms with Crippen molar-refractivity contribution in [2.45, 2.75) is 25.6 Å². The van der Waals surface area contributed by atoms with E-state index in [2.05, 4.69) is 4.98 Å². The third-order valence-corrected chi connectivity index (χ3v) is 3.21. The average molecular weight is 259 g/mol. The molecule has 0 amide bonds. The lowest BCUT2D eigenvalue weighted by Gasteiger charge is -2.34. The van der Waals surface area contributed by atoms with E-state index in [0.29, 0.717) is 31.0 Å². The van der Waals surface area contributed by atoms with E-state index in [0.717, 1.165) is 0 Å². The van der Waals surface area contributed by atoms with Gasteiger partial charge in [0.1, 0.15) is 5.82 Å². The molecule has 2 N–H and O–H groups in total. The minimum Gasteiger partial charge on any atom is -0.356 e. The Kier molecular flexibility index (Phi) is 3.75. The monoisotopic (exact) mass is 259 g/mol. The van der Waals surface area contributed by atoms with Crippen LogP contribution in [0.3, 0.4) is 0 Å². The number of nitrogens with zero attached hydrogens (tertiary/aromatic N) is 2. The van der Waals surface area contributed by atoms with Gasteiger partial charge in [0.05, 0.1) is 11.6 Å². The molecule has 1 aromatic heterocycles. The Labute approximate surface area is 104 Å². The molecule has 18 heavy (non-hydrogen) atoms. The van der Waals surface area contributed by atoms with E-state index >= 15 is 0 Å². The third kappa shape index (κ3) is 2.93. The number of nitrogens with two attached hydrogens (primary N) is 1. The lowest BCUT2D eigenvalue weighted by Crippen LogP contribution is -2.42. The fraction of sp³-hybridized carbons (Fsp3) is 0.583. The van der Waals surface area contributed by atoms with Gasteiger partial charge in [0, 0.05) is 19.6 Å². The lowest BCUT2D eigenvalue weighted by atomic mass is 9.97. The average Bonchev–Trinajstić information content (AvgIpc) is 2.38. The Morgan fingerprint density at radius 2 is 2.17 bits per heavy atom. The van der Waals surface area contributed by atoms with Crippen LogP contribution in [0.5, 0.6) is 0 Å². The summed E-state index contributed by atoms with van der Waals surface area (Å²) in [4.78, 5) is 5.96. The molecule has 0 radical (unpaired) electrons. The van der Waals surface area contributed by atoms with Gasteiger partial charge >= 0.3 is 6.18 Å². The van der Waals surface area contributed by atoms with E-state index < -0.39 is 12.1 Å². The van der Waals surface area contributed by atoms with Crippen LogP contribution in [0.15, 0.2) is 18.2 Å². The molecule has 0 saturated carbocycles. The van der Waals surface area contributed by atoms with Crippen molar-refractivity contribution in [2.75, 3.05) is 18.0 Å². The standard InChI is InChI=1S/C12H16F3N3/c13-12(14,15)9-3-2-6-18(8-9)11-5-1-4-10(7-16)17-11/h1,4-5,9H,2-3,6-8,16H2. The lowest BCUT2D eigenvalue weighted by molar-refractivity contribution is -0.176. The summed E-state index contributed by atoms with van der Waals surface area (Å²) in [6.07, 6.45) is -3.38. The molecule has 0 bridgehead atoms. The van der Waals surface area contributed by atoms with Crippen molar-refractivity contribution in [1.29, 1.82) is 0 Å². The van der Waals surface area contributed by atoms with Gasteiger partial charge in [-0.3, -0.25) is 0 Å². The second kappa shape index (κ2) is 5.14. The van der Waals surface area contributed by atoms with Crippen LogP contribution in [-0.2, 0) is 6.54 Å². The van der Waals surface area contributed by atoms with E-state index in [1.54, 1.807) is 23.1 Å². The molecule has 6 heteroatoms. The van der Waals surface area contributed by atoms with Gasteiger partial charge in [0.2, 0.25) is 0 Å². The van der Waals surface area contributed by atoms with Crippen LogP contribution >= 0.6 is 0 Å². The number of aromatic nitrogens is 1. The van der Waals surface area contributed by atoms with Gasteiger partial charge in [-0.2, -0.15) is 13.2 Å². The number of pyridine rings is 1. The van der Waals surface area contributed by atoms with Crippen LogP contribution in [0.4, 0.5) is 19.0 Å². The maximum absolute atomic E-state index is 12.7. The van der Waals surface area contributed by atoms with Gasteiger partial charge in [-0.25, -0.2) is 4.98 Å². The molecule has 1 unspecified atom stereocenters. The molecular weight excluding hydrogens is 243 g/mol. The predicted octanol–water partition coefficient (Wildman–Crippen LogP) is 2.32. The summed E-state index contributed by atoms with van der Waals surface area (Å²) < 4.78 is 38.1. The van der Waals surface area contributed by atoms with Gasteiger partial charge in [-0.15, -0.1) is 0 Å². The molecule has 1 aliphatic rings. The highest BCUT2D eigenvalue weighted by molar-refractivity contribution is 5.39. The van der Waals surface area contributed by atoms with Gasteiger partial charge in [-0.1, -0.05) is 6.07 Å². The molecule has 3 nitrogen and oxygen atoms in total. The highest BCUT2D eigenvalue weighted by Crippen LogP contribution is 2.34. The Morgan fingerprint density at radius 1 is 1.39 bits per heavy atom. The number of alkyl halides is 3. The molecule has 1 saturated heterocycles. The Bertz CT molecular complexity index is 406. The van der Waals surface area contributed by atoms with Crippen LogP contribution < -0.4 is 10.6 Å². The molecule has 1 aromatic rings. The first-order valence-electron chi connectivity index (χ1n) is 5.98. The normalized spacial score (nSPS) is 21.1. The second-order valence-corrected chi connectivity index (χ2v) is 4.52. The minimum absolute atomic E-state index is 0.00940. The largest absolute Gasteiger partial charge is 0.393 e. The van der Waals surface area contributed by atoms with Crippen LogP contribution in [0, 0.1) is 5.92 Å². The van der Waals surface area contributed by atoms with Gasteiger partial charge in [0.25, 0.3) is 0 Å². The number of anilines is 1. The summed E-state index contributed by atoms with van der Waals surface area (Å²) in [5.41, 5.74) is 6.18. The number of hydrogen-bond acceptors (Lipinski definition) is 3. The van der Waals surface area contributed by atoms with Crippen molar-refractivity contribution in [2.24, 2.45) is 11.7 Å². The van der Waals surface area contributed by atoms with Crippen molar-refractivity contribution < 1.29 is 13.2 Å². The van der Waals surface area contributed by atoms with Crippen molar-refractivity contribution in [3.63, 3.8) is 0 Å². The van der Waals surface area contributed by atoms with Crippen LogP contribution in [0.1, 0.15) is 18.5 Å². The van der Waals surface area contributed by atoms with E-state index in [9.17, 15) is 13.2 Å². The molecule has 2 heterocycles. The van der Waals surface area contributed by atoms with Crippen molar-refractivity contribution >= 4 is 5.82 Å². The highest BCUT2D eigenvalue weighted by atomic mass is 19.4. The number of rotatable bonds is 2.